The van der Waals surface area contributed by atoms with E-state index in [0.29, 0.717) is 12.0 Å². The van der Waals surface area contributed by atoms with Crippen molar-refractivity contribution in [2.24, 2.45) is 5.92 Å². The molecule has 1 rings (SSSR count). The van der Waals surface area contributed by atoms with Gasteiger partial charge in [-0.2, -0.15) is 0 Å². The van der Waals surface area contributed by atoms with Gasteiger partial charge in [-0.15, -0.1) is 11.8 Å². The standard InChI is InChI=1S/C16H23NO3S/c1-5-21-13-8-6-12(7-9-13)15(18)17-14(10-11(2)3)16(19)20-4/h6-9,11,14H,5,10H2,1-4H3,(H,17,18)/t14-/m1/s1. The van der Waals surface area contributed by atoms with Crippen molar-refractivity contribution in [1.29, 1.82) is 0 Å². The Bertz CT molecular complexity index is 471. The molecule has 0 aliphatic heterocycles. The van der Waals surface area contributed by atoms with E-state index in [-0.39, 0.29) is 11.8 Å². The van der Waals surface area contributed by atoms with Crippen LogP contribution < -0.4 is 5.32 Å². The maximum atomic E-state index is 12.2. The summed E-state index contributed by atoms with van der Waals surface area (Å²) in [5.74, 6) is 0.622. The summed E-state index contributed by atoms with van der Waals surface area (Å²) in [5.41, 5.74) is 0.549. The number of rotatable bonds is 7. The summed E-state index contributed by atoms with van der Waals surface area (Å²) in [4.78, 5) is 25.0. The summed E-state index contributed by atoms with van der Waals surface area (Å²) in [6, 6.07) is 6.78. The third kappa shape index (κ3) is 5.79. The fourth-order valence-corrected chi connectivity index (χ4v) is 2.60. The van der Waals surface area contributed by atoms with Crippen molar-refractivity contribution in [1.82, 2.24) is 5.32 Å². The summed E-state index contributed by atoms with van der Waals surface area (Å²) >= 11 is 1.72. The monoisotopic (exact) mass is 309 g/mol. The first kappa shape index (κ1) is 17.6. The number of amides is 1. The molecule has 1 aromatic carbocycles. The first-order chi connectivity index (χ1) is 9.97. The highest BCUT2D eigenvalue weighted by Gasteiger charge is 2.23. The molecule has 1 atom stereocenters. The largest absolute Gasteiger partial charge is 0.467 e. The van der Waals surface area contributed by atoms with Crippen LogP contribution in [0.1, 0.15) is 37.6 Å². The molecular formula is C16H23NO3S. The van der Waals surface area contributed by atoms with Gasteiger partial charge >= 0.3 is 5.97 Å². The van der Waals surface area contributed by atoms with Crippen LogP contribution in [-0.4, -0.2) is 30.8 Å². The Morgan fingerprint density at radius 2 is 1.86 bits per heavy atom. The number of benzene rings is 1. The third-order valence-corrected chi connectivity index (χ3v) is 3.82. The van der Waals surface area contributed by atoms with Crippen LogP contribution in [-0.2, 0) is 9.53 Å². The van der Waals surface area contributed by atoms with Gasteiger partial charge in [-0.25, -0.2) is 4.79 Å². The molecule has 116 valence electrons. The van der Waals surface area contributed by atoms with Gasteiger partial charge in [0.2, 0.25) is 0 Å². The van der Waals surface area contributed by atoms with Gasteiger partial charge in [0, 0.05) is 10.5 Å². The zero-order valence-corrected chi connectivity index (χ0v) is 13.8. The number of esters is 1. The zero-order valence-electron chi connectivity index (χ0n) is 13.0. The Balaban J connectivity index is 2.74. The zero-order chi connectivity index (χ0) is 15.8. The molecule has 1 aromatic rings. The van der Waals surface area contributed by atoms with Crippen molar-refractivity contribution in [2.45, 2.75) is 38.1 Å². The van der Waals surface area contributed by atoms with Crippen molar-refractivity contribution in [3.05, 3.63) is 29.8 Å². The van der Waals surface area contributed by atoms with Gasteiger partial charge in [-0.05, 0) is 42.4 Å². The Hall–Kier alpha value is -1.49. The van der Waals surface area contributed by atoms with Crippen molar-refractivity contribution in [2.75, 3.05) is 12.9 Å². The first-order valence-corrected chi connectivity index (χ1v) is 8.08. The van der Waals surface area contributed by atoms with E-state index in [9.17, 15) is 9.59 Å². The number of thioether (sulfide) groups is 1. The summed E-state index contributed by atoms with van der Waals surface area (Å²) in [6.45, 7) is 6.08. The Kier molecular flexibility index (Phi) is 7.29. The highest BCUT2D eigenvalue weighted by atomic mass is 32.2. The minimum absolute atomic E-state index is 0.251. The predicted molar refractivity (Wildman–Crippen MR) is 85.6 cm³/mol. The molecule has 0 spiro atoms. The number of nitrogens with one attached hydrogen (secondary N) is 1. The number of ether oxygens (including phenoxy) is 1. The average molecular weight is 309 g/mol. The lowest BCUT2D eigenvalue weighted by molar-refractivity contribution is -0.143. The molecule has 0 aromatic heterocycles. The maximum absolute atomic E-state index is 12.2. The lowest BCUT2D eigenvalue weighted by atomic mass is 10.0. The van der Waals surface area contributed by atoms with E-state index in [0.717, 1.165) is 10.6 Å². The summed E-state index contributed by atoms with van der Waals surface area (Å²) < 4.78 is 4.74. The van der Waals surface area contributed by atoms with E-state index >= 15 is 0 Å². The van der Waals surface area contributed by atoms with Crippen LogP contribution in [0.2, 0.25) is 0 Å². The molecule has 0 fully saturated rings. The number of carbonyl (C=O) groups excluding carboxylic acids is 2. The lowest BCUT2D eigenvalue weighted by Crippen LogP contribution is -2.42. The Morgan fingerprint density at radius 1 is 1.24 bits per heavy atom. The highest BCUT2D eigenvalue weighted by molar-refractivity contribution is 7.99. The number of hydrogen-bond donors (Lipinski definition) is 1. The van der Waals surface area contributed by atoms with Crippen LogP contribution >= 0.6 is 11.8 Å². The van der Waals surface area contributed by atoms with Gasteiger partial charge in [0.15, 0.2) is 0 Å². The maximum Gasteiger partial charge on any atom is 0.328 e. The second-order valence-corrected chi connectivity index (χ2v) is 6.47. The molecule has 0 aliphatic rings. The first-order valence-electron chi connectivity index (χ1n) is 7.09. The molecule has 5 heteroatoms. The van der Waals surface area contributed by atoms with Crippen molar-refractivity contribution < 1.29 is 14.3 Å². The van der Waals surface area contributed by atoms with Crippen LogP contribution in [0.15, 0.2) is 29.2 Å². The highest BCUT2D eigenvalue weighted by Crippen LogP contribution is 2.18. The summed E-state index contributed by atoms with van der Waals surface area (Å²) in [6.07, 6.45) is 0.558. The topological polar surface area (TPSA) is 55.4 Å². The second-order valence-electron chi connectivity index (χ2n) is 5.14. The van der Waals surface area contributed by atoms with Crippen LogP contribution in [0.4, 0.5) is 0 Å². The van der Waals surface area contributed by atoms with Gasteiger partial charge < -0.3 is 10.1 Å². The molecule has 1 amide bonds. The quantitative estimate of drug-likeness (QED) is 0.621. The number of carbonyl (C=O) groups is 2. The normalized spacial score (nSPS) is 12.0. The van der Waals surface area contributed by atoms with E-state index in [1.54, 1.807) is 23.9 Å². The lowest BCUT2D eigenvalue weighted by Gasteiger charge is -2.18. The number of methoxy groups -OCH3 is 1. The van der Waals surface area contributed by atoms with Crippen LogP contribution in [0.5, 0.6) is 0 Å². The molecule has 0 aliphatic carbocycles. The SMILES string of the molecule is CCSc1ccc(C(=O)N[C@H](CC(C)C)C(=O)OC)cc1. The van der Waals surface area contributed by atoms with Crippen molar-refractivity contribution in [3.8, 4) is 0 Å². The van der Waals surface area contributed by atoms with Crippen LogP contribution in [0.3, 0.4) is 0 Å². The molecule has 0 radical (unpaired) electrons. The fraction of sp³-hybridized carbons (Fsp3) is 0.500. The predicted octanol–water partition coefficient (Wildman–Crippen LogP) is 3.12. The van der Waals surface area contributed by atoms with Crippen LogP contribution in [0, 0.1) is 5.92 Å². The van der Waals surface area contributed by atoms with Gasteiger partial charge in [-0.1, -0.05) is 20.8 Å². The molecular weight excluding hydrogens is 286 g/mol. The minimum atomic E-state index is -0.604. The van der Waals surface area contributed by atoms with Gasteiger partial charge in [0.25, 0.3) is 5.91 Å². The summed E-state index contributed by atoms with van der Waals surface area (Å²) in [5, 5.41) is 2.75. The molecule has 21 heavy (non-hydrogen) atoms. The van der Waals surface area contributed by atoms with E-state index < -0.39 is 12.0 Å². The smallest absolute Gasteiger partial charge is 0.328 e. The van der Waals surface area contributed by atoms with Gasteiger partial charge in [0.1, 0.15) is 6.04 Å². The molecule has 0 bridgehead atoms. The molecule has 0 saturated carbocycles. The van der Waals surface area contributed by atoms with E-state index in [1.165, 1.54) is 7.11 Å². The van der Waals surface area contributed by atoms with E-state index in [4.69, 9.17) is 4.74 Å². The van der Waals surface area contributed by atoms with Gasteiger partial charge in [-0.3, -0.25) is 4.79 Å². The molecule has 1 N–H and O–H groups in total. The molecule has 0 saturated heterocycles. The molecule has 0 heterocycles. The fourth-order valence-electron chi connectivity index (χ4n) is 1.94. The summed E-state index contributed by atoms with van der Waals surface area (Å²) in [7, 11) is 1.33. The van der Waals surface area contributed by atoms with Crippen LogP contribution in [0.25, 0.3) is 0 Å². The van der Waals surface area contributed by atoms with Gasteiger partial charge in [0.05, 0.1) is 7.11 Å². The van der Waals surface area contributed by atoms with Crippen molar-refractivity contribution >= 4 is 23.6 Å². The third-order valence-electron chi connectivity index (χ3n) is 2.93. The number of hydrogen-bond acceptors (Lipinski definition) is 4. The molecule has 4 nitrogen and oxygen atoms in total. The van der Waals surface area contributed by atoms with Crippen molar-refractivity contribution in [3.63, 3.8) is 0 Å². The second kappa shape index (κ2) is 8.72. The van der Waals surface area contributed by atoms with E-state index in [2.05, 4.69) is 12.2 Å². The molecule has 0 unspecified atom stereocenters. The minimum Gasteiger partial charge on any atom is -0.467 e. The van der Waals surface area contributed by atoms with E-state index in [1.807, 2.05) is 26.0 Å². The Morgan fingerprint density at radius 3 is 2.33 bits per heavy atom. The average Bonchev–Trinajstić information content (AvgIpc) is 2.46. The Labute approximate surface area is 130 Å².